The molecular weight excluding hydrogens is 1210 g/mol. The van der Waals surface area contributed by atoms with Crippen LogP contribution in [0.15, 0.2) is 0 Å². The molecular formula is C57H104O23Se2. The molecule has 7 N–H and O–H groups in total. The fourth-order valence-electron chi connectivity index (χ4n) is 11.5. The second-order valence-corrected chi connectivity index (χ2v) is 31.7. The first-order chi connectivity index (χ1) is 37.7. The van der Waals surface area contributed by atoms with Gasteiger partial charge in [0.2, 0.25) is 0 Å². The Balaban J connectivity index is 0.000000166. The Kier molecular flexibility index (Phi) is 24.4. The molecule has 10 aliphatic heterocycles. The van der Waals surface area contributed by atoms with Crippen LogP contribution in [0.2, 0.25) is 20.3 Å². The molecule has 82 heavy (non-hydrogen) atoms. The van der Waals surface area contributed by atoms with Crippen molar-refractivity contribution in [2.24, 2.45) is 5.92 Å². The van der Waals surface area contributed by atoms with Crippen LogP contribution in [0.5, 0.6) is 0 Å². The van der Waals surface area contributed by atoms with Gasteiger partial charge in [0.25, 0.3) is 0 Å². The van der Waals surface area contributed by atoms with Crippen molar-refractivity contribution in [1.82, 2.24) is 0 Å². The van der Waals surface area contributed by atoms with Crippen LogP contribution in [-0.4, -0.2) is 255 Å². The van der Waals surface area contributed by atoms with Gasteiger partial charge in [-0.25, -0.2) is 0 Å². The van der Waals surface area contributed by atoms with Gasteiger partial charge in [-0.1, -0.05) is 20.8 Å². The molecule has 0 aromatic carbocycles. The second kappa shape index (κ2) is 28.1. The summed E-state index contributed by atoms with van der Waals surface area (Å²) < 4.78 is 92.8. The van der Waals surface area contributed by atoms with Crippen molar-refractivity contribution in [3.63, 3.8) is 0 Å². The summed E-state index contributed by atoms with van der Waals surface area (Å²) in [7, 11) is 0. The molecule has 0 saturated carbocycles. The van der Waals surface area contributed by atoms with E-state index < -0.39 is 101 Å². The molecule has 0 aliphatic carbocycles. The van der Waals surface area contributed by atoms with E-state index in [0.29, 0.717) is 37.6 Å². The summed E-state index contributed by atoms with van der Waals surface area (Å²) in [4.78, 5) is 0.287. The third-order valence-corrected chi connectivity index (χ3v) is 21.0. The Morgan fingerprint density at radius 3 is 1.20 bits per heavy atom. The first-order valence-electron chi connectivity index (χ1n) is 29.3. The fourth-order valence-corrected chi connectivity index (χ4v) is 16.4. The molecule has 10 aliphatic rings. The molecule has 25 heteroatoms. The Labute approximate surface area is 499 Å². The molecule has 482 valence electrons. The Hall–Kier alpha value is 0.119. The molecule has 0 radical (unpaired) electrons. The molecule has 23 nitrogen and oxygen atoms in total. The van der Waals surface area contributed by atoms with Crippen molar-refractivity contribution in [2.75, 3.05) is 39.6 Å². The average molecular weight is 1320 g/mol. The molecule has 10 saturated heterocycles. The monoisotopic (exact) mass is 1320 g/mol. The van der Waals surface area contributed by atoms with Gasteiger partial charge in [-0.05, 0) is 95.9 Å². The van der Waals surface area contributed by atoms with E-state index in [1.807, 2.05) is 90.0 Å². The average Bonchev–Trinajstić information content (AvgIpc) is 4.29. The van der Waals surface area contributed by atoms with Gasteiger partial charge < -0.3 is 72.2 Å². The summed E-state index contributed by atoms with van der Waals surface area (Å²) >= 11 is 0.554. The van der Waals surface area contributed by atoms with Gasteiger partial charge in [-0.2, -0.15) is 0 Å². The molecule has 20 atom stereocenters. The van der Waals surface area contributed by atoms with Crippen LogP contribution in [0, 0.1) is 5.92 Å². The SMILES string of the molecule is CC1(C)OC2C[Se]C3COC(C)(C)O[C@H]3[C@@H]2O1.CC1(C)OCC(O)[C@H](C2OC(C)(C)O[C@@H]2CO)O1.CC[C@H]1OC(C)(C)OC1[C@@H]1OC(C)(C)OCC1C.CC[C@H]1OC(C)(C)OC1[C@@H]1OC(C)(C)OCC1O.OCC1[Se]CC(O)[C@@H](O)[C@@H]1O. The van der Waals surface area contributed by atoms with Gasteiger partial charge in [0.05, 0.1) is 44.7 Å². The Bertz CT molecular complexity index is 1830. The maximum absolute atomic E-state index is 10.1. The number of aliphatic hydroxyl groups excluding tert-OH is 7. The van der Waals surface area contributed by atoms with Crippen molar-refractivity contribution in [3.8, 4) is 0 Å². The van der Waals surface area contributed by atoms with Gasteiger partial charge in [-0.15, -0.1) is 0 Å². The predicted molar refractivity (Wildman–Crippen MR) is 297 cm³/mol. The van der Waals surface area contributed by atoms with Gasteiger partial charge in [0.15, 0.2) is 34.7 Å². The minimum atomic E-state index is -1.08. The zero-order valence-electron chi connectivity index (χ0n) is 52.1. The van der Waals surface area contributed by atoms with Crippen LogP contribution in [0.1, 0.15) is 144 Å². The van der Waals surface area contributed by atoms with E-state index in [2.05, 4.69) is 13.8 Å². The van der Waals surface area contributed by atoms with Crippen molar-refractivity contribution in [3.05, 3.63) is 0 Å². The minimum absolute atomic E-state index is 0.0109. The molecule has 10 rings (SSSR count). The maximum atomic E-state index is 10.1. The number of hydrogen-bond donors (Lipinski definition) is 7. The molecule has 10 heterocycles. The number of aliphatic hydroxyl groups is 7. The molecule has 0 spiro atoms. The van der Waals surface area contributed by atoms with E-state index in [4.69, 9.17) is 91.1 Å². The van der Waals surface area contributed by atoms with Crippen LogP contribution >= 0.6 is 0 Å². The fraction of sp³-hybridized carbons (Fsp3) is 1.00. The number of hydrogen-bond acceptors (Lipinski definition) is 23. The van der Waals surface area contributed by atoms with Crippen molar-refractivity contribution in [1.29, 1.82) is 0 Å². The van der Waals surface area contributed by atoms with E-state index >= 15 is 0 Å². The Morgan fingerprint density at radius 1 is 0.354 bits per heavy atom. The van der Waals surface area contributed by atoms with E-state index in [9.17, 15) is 20.4 Å². The summed E-state index contributed by atoms with van der Waals surface area (Å²) in [6, 6.07) is 0. The molecule has 0 bridgehead atoms. The normalized spacial score (nSPS) is 44.3. The summed E-state index contributed by atoms with van der Waals surface area (Å²) in [5.41, 5.74) is 0. The van der Waals surface area contributed by atoms with E-state index in [1.165, 1.54) is 0 Å². The van der Waals surface area contributed by atoms with Crippen LogP contribution in [-0.2, 0) is 75.8 Å². The van der Waals surface area contributed by atoms with E-state index in [0.717, 1.165) is 24.8 Å². The predicted octanol–water partition coefficient (Wildman–Crippen LogP) is 3.71. The molecule has 10 unspecified atom stereocenters. The third-order valence-electron chi connectivity index (χ3n) is 15.3. The summed E-state index contributed by atoms with van der Waals surface area (Å²) in [6.07, 6.45) is -4.37. The topological polar surface area (TPSA) is 289 Å². The van der Waals surface area contributed by atoms with Gasteiger partial charge >= 0.3 is 179 Å². The zero-order valence-corrected chi connectivity index (χ0v) is 55.5. The Morgan fingerprint density at radius 2 is 0.732 bits per heavy atom. The number of fused-ring (bicyclic) bond motifs is 3. The molecule has 0 aromatic heterocycles. The van der Waals surface area contributed by atoms with Crippen LogP contribution in [0.4, 0.5) is 0 Å². The van der Waals surface area contributed by atoms with Crippen LogP contribution < -0.4 is 0 Å². The standard InChI is InChI=1S/C14H26O4.C13H24O5.C12H22O6.C12H20O4Se.C6H12O4Se/c1-7-10-12(18-14(5,6)16-10)11-9(2)8-15-13(3,4)17-11;1-6-9-11(18-13(4,5)16-9)10-8(14)7-15-12(2,3)17-10;1-11(2)15-6-7(14)9(17-11)10-8(5-13)16-12(3,4)18-10;1-11(2)13-5-8-10(16-11)9-7(6-17-8)14-12(3,4)15-9;7-1-4-6(10)5(9)3(8)2-11-4/h9-12H,7-8H2,1-6H3;8-11,14H,6-7H2,1-5H3;7-10,13-14H,5-6H2,1-4H3;7-10H,5-6H2,1-4H3;3-10H,1-2H2/t9?,10-,11-,12?;8?,9-,10-,11?;7?,8-,9-,10?;7?,8?,9-,10-;3?,4?,5-,6-/m11111/s1. The van der Waals surface area contributed by atoms with Gasteiger partial charge in [0, 0.05) is 5.92 Å². The first kappa shape index (κ1) is 71.2. The summed E-state index contributed by atoms with van der Waals surface area (Å²) in [5.74, 6) is -4.59. The summed E-state index contributed by atoms with van der Waals surface area (Å²) in [5, 5.41) is 67.2. The van der Waals surface area contributed by atoms with Gasteiger partial charge in [-0.3, -0.25) is 0 Å². The van der Waals surface area contributed by atoms with Crippen molar-refractivity contribution >= 4 is 29.9 Å². The van der Waals surface area contributed by atoms with Crippen molar-refractivity contribution in [2.45, 2.75) is 315 Å². The van der Waals surface area contributed by atoms with Crippen molar-refractivity contribution < 1.29 is 112 Å². The van der Waals surface area contributed by atoms with E-state index in [1.54, 1.807) is 27.7 Å². The number of rotatable bonds is 7. The van der Waals surface area contributed by atoms with Gasteiger partial charge in [0.1, 0.15) is 48.8 Å². The molecule has 10 fully saturated rings. The second-order valence-electron chi connectivity index (χ2n) is 26.3. The summed E-state index contributed by atoms with van der Waals surface area (Å²) in [6.45, 7) is 38.2. The molecule has 0 aromatic rings. The quantitative estimate of drug-likeness (QED) is 0.179. The van der Waals surface area contributed by atoms with Crippen LogP contribution in [0.3, 0.4) is 0 Å². The number of ether oxygens (including phenoxy) is 16. The molecule has 0 amide bonds. The zero-order chi connectivity index (χ0) is 61.3. The third kappa shape index (κ3) is 19.1. The first-order valence-corrected chi connectivity index (χ1v) is 33.7. The van der Waals surface area contributed by atoms with Crippen LogP contribution in [0.25, 0.3) is 0 Å². The van der Waals surface area contributed by atoms with E-state index in [-0.39, 0.29) is 95.0 Å².